The minimum absolute atomic E-state index is 0.0153. The highest BCUT2D eigenvalue weighted by atomic mass is 127. The van der Waals surface area contributed by atoms with Crippen molar-refractivity contribution in [1.82, 2.24) is 0 Å². The number of ether oxygens (including phenoxy) is 2. The molecule has 0 bridgehead atoms. The highest BCUT2D eigenvalue weighted by Crippen LogP contribution is 2.70. The van der Waals surface area contributed by atoms with E-state index in [2.05, 4.69) is 50.3 Å². The van der Waals surface area contributed by atoms with Gasteiger partial charge in [0.2, 0.25) is 0 Å². The lowest BCUT2D eigenvalue weighted by Crippen LogP contribution is -2.66. The third kappa shape index (κ3) is 3.26. The molecular weight excluding hydrogens is 555 g/mol. The van der Waals surface area contributed by atoms with Crippen LogP contribution in [-0.2, 0) is 23.9 Å². The molecule has 0 aromatic rings. The van der Waals surface area contributed by atoms with Gasteiger partial charge < -0.3 is 9.47 Å². The lowest BCUT2D eigenvalue weighted by Gasteiger charge is -2.65. The second-order valence-electron chi connectivity index (χ2n) is 13.7. The highest BCUT2D eigenvalue weighted by molar-refractivity contribution is 14.1. The van der Waals surface area contributed by atoms with E-state index in [0.717, 1.165) is 44.9 Å². The van der Waals surface area contributed by atoms with Crippen molar-refractivity contribution in [3.8, 4) is 0 Å². The maximum absolute atomic E-state index is 14.2. The molecule has 0 spiro atoms. The maximum atomic E-state index is 14.2. The summed E-state index contributed by atoms with van der Waals surface area (Å²) in [5.41, 5.74) is 0.237. The van der Waals surface area contributed by atoms with E-state index in [1.54, 1.807) is 0 Å². The van der Waals surface area contributed by atoms with Gasteiger partial charge in [-0.3, -0.25) is 14.4 Å². The van der Waals surface area contributed by atoms with Crippen LogP contribution in [0, 0.1) is 45.3 Å². The molecule has 5 rings (SSSR count). The number of allylic oxidation sites excluding steroid dienone is 1. The number of hydrogen-bond donors (Lipinski definition) is 0. The summed E-state index contributed by atoms with van der Waals surface area (Å²) >= 11 is 2.29. The summed E-state index contributed by atoms with van der Waals surface area (Å²) in [7, 11) is 1.50. The fourth-order valence-electron chi connectivity index (χ4n) is 9.47. The summed E-state index contributed by atoms with van der Waals surface area (Å²) in [6.07, 6.45) is 7.93. The zero-order chi connectivity index (χ0) is 25.8. The molecule has 3 saturated carbocycles. The molecule has 9 atom stereocenters. The Morgan fingerprint density at radius 2 is 1.71 bits per heavy atom. The molecule has 4 fully saturated rings. The summed E-state index contributed by atoms with van der Waals surface area (Å²) in [5, 5.41) is 0. The van der Waals surface area contributed by atoms with Crippen LogP contribution in [0.25, 0.3) is 0 Å². The van der Waals surface area contributed by atoms with E-state index in [9.17, 15) is 14.4 Å². The van der Waals surface area contributed by atoms with Gasteiger partial charge in [0, 0.05) is 11.3 Å². The number of rotatable bonds is 1. The fourth-order valence-corrected chi connectivity index (χ4v) is 10.6. The van der Waals surface area contributed by atoms with Crippen molar-refractivity contribution in [2.45, 2.75) is 96.0 Å². The Morgan fingerprint density at radius 1 is 1.03 bits per heavy atom. The van der Waals surface area contributed by atoms with Crippen LogP contribution in [0.2, 0.25) is 0 Å². The summed E-state index contributed by atoms with van der Waals surface area (Å²) in [6, 6.07) is 0. The monoisotopic (exact) mass is 596 g/mol. The largest absolute Gasteiger partial charge is 0.469 e. The number of carbonyl (C=O) groups is 3. The lowest BCUT2D eigenvalue weighted by molar-refractivity contribution is -0.186. The van der Waals surface area contributed by atoms with Crippen LogP contribution in [0.15, 0.2) is 11.6 Å². The molecule has 0 radical (unpaired) electrons. The average Bonchev–Trinajstić information content (AvgIpc) is 2.78. The third-order valence-electron chi connectivity index (χ3n) is 11.6. The molecule has 0 aromatic heterocycles. The molecule has 6 heteroatoms. The number of ketones is 1. The van der Waals surface area contributed by atoms with Crippen molar-refractivity contribution in [2.24, 2.45) is 45.3 Å². The molecule has 9 unspecified atom stereocenters. The smallest absolute Gasteiger partial charge is 0.322 e. The normalized spacial score (nSPS) is 50.5. The number of halogens is 1. The lowest BCUT2D eigenvalue weighted by atomic mass is 9.39. The first-order valence-corrected chi connectivity index (χ1v) is 14.5. The van der Waals surface area contributed by atoms with Gasteiger partial charge in [0.25, 0.3) is 0 Å². The van der Waals surface area contributed by atoms with Gasteiger partial charge in [-0.15, -0.1) is 0 Å². The van der Waals surface area contributed by atoms with E-state index < -0.39 is 8.84 Å². The molecule has 1 heterocycles. The number of cyclic esters (lactones) is 1. The fraction of sp³-hybridized carbons (Fsp3) is 0.828. The first kappa shape index (κ1) is 25.7. The molecule has 35 heavy (non-hydrogen) atoms. The second-order valence-corrected chi connectivity index (χ2v) is 15.9. The van der Waals surface area contributed by atoms with Crippen LogP contribution < -0.4 is 0 Å². The van der Waals surface area contributed by atoms with Gasteiger partial charge >= 0.3 is 11.9 Å². The second kappa shape index (κ2) is 7.80. The van der Waals surface area contributed by atoms with Crippen LogP contribution in [0.1, 0.15) is 86.5 Å². The molecule has 0 amide bonds. The van der Waals surface area contributed by atoms with Gasteiger partial charge in [-0.05, 0) is 93.5 Å². The summed E-state index contributed by atoms with van der Waals surface area (Å²) in [4.78, 5) is 40.3. The minimum atomic E-state index is -0.610. The first-order valence-electron chi connectivity index (χ1n) is 13.4. The molecular formula is C29H41IO5. The van der Waals surface area contributed by atoms with Gasteiger partial charge in [-0.25, -0.2) is 0 Å². The van der Waals surface area contributed by atoms with Crippen molar-refractivity contribution in [2.75, 3.05) is 7.11 Å². The van der Waals surface area contributed by atoms with Crippen molar-refractivity contribution in [3.63, 3.8) is 0 Å². The van der Waals surface area contributed by atoms with Crippen LogP contribution in [0.4, 0.5) is 0 Å². The Morgan fingerprint density at radius 3 is 2.37 bits per heavy atom. The van der Waals surface area contributed by atoms with Crippen molar-refractivity contribution in [3.05, 3.63) is 11.6 Å². The number of carbonyl (C=O) groups excluding carboxylic acids is 3. The molecule has 4 aliphatic carbocycles. The van der Waals surface area contributed by atoms with E-state index in [1.807, 2.05) is 19.9 Å². The SMILES string of the molecule is COC(=O)C12CCC3C(C(=O)C=C4C3(C)CCC3C(C)(I)C(=O)OC(C)C43C)C1CC(C)(C)CC2. The zero-order valence-electron chi connectivity index (χ0n) is 22.3. The van der Waals surface area contributed by atoms with Crippen LogP contribution in [-0.4, -0.2) is 34.4 Å². The van der Waals surface area contributed by atoms with Crippen LogP contribution in [0.3, 0.4) is 0 Å². The Balaban J connectivity index is 1.63. The molecule has 0 aromatic carbocycles. The third-order valence-corrected chi connectivity index (χ3v) is 12.8. The molecule has 5 aliphatic rings. The van der Waals surface area contributed by atoms with Crippen molar-refractivity contribution < 1.29 is 23.9 Å². The summed E-state index contributed by atoms with van der Waals surface area (Å²) in [6.45, 7) is 13.1. The minimum Gasteiger partial charge on any atom is -0.469 e. The van der Waals surface area contributed by atoms with Gasteiger partial charge in [-0.2, -0.15) is 0 Å². The maximum Gasteiger partial charge on any atom is 0.322 e. The summed E-state index contributed by atoms with van der Waals surface area (Å²) < 4.78 is 10.7. The van der Waals surface area contributed by atoms with E-state index in [-0.39, 0.29) is 63.7 Å². The molecule has 1 saturated heterocycles. The number of esters is 2. The predicted molar refractivity (Wildman–Crippen MR) is 142 cm³/mol. The molecule has 0 N–H and O–H groups in total. The quantitative estimate of drug-likeness (QED) is 0.209. The van der Waals surface area contributed by atoms with E-state index in [0.29, 0.717) is 0 Å². The van der Waals surface area contributed by atoms with Gasteiger partial charge in [0.05, 0.1) is 12.5 Å². The molecule has 5 nitrogen and oxygen atoms in total. The van der Waals surface area contributed by atoms with E-state index in [4.69, 9.17) is 9.47 Å². The number of fused-ring (bicyclic) bond motifs is 7. The van der Waals surface area contributed by atoms with E-state index >= 15 is 0 Å². The van der Waals surface area contributed by atoms with Gasteiger partial charge in [-0.1, -0.05) is 55.9 Å². The van der Waals surface area contributed by atoms with Crippen LogP contribution in [0.5, 0.6) is 0 Å². The first-order chi connectivity index (χ1) is 16.1. The Bertz CT molecular complexity index is 1010. The summed E-state index contributed by atoms with van der Waals surface area (Å²) in [5.74, 6) is 0.122. The van der Waals surface area contributed by atoms with Crippen molar-refractivity contribution in [1.29, 1.82) is 0 Å². The van der Waals surface area contributed by atoms with Gasteiger partial charge in [0.15, 0.2) is 5.78 Å². The van der Waals surface area contributed by atoms with Crippen molar-refractivity contribution >= 4 is 40.3 Å². The van der Waals surface area contributed by atoms with Crippen LogP contribution >= 0.6 is 22.6 Å². The predicted octanol–water partition coefficient (Wildman–Crippen LogP) is 6.07. The van der Waals surface area contributed by atoms with E-state index in [1.165, 1.54) is 12.7 Å². The zero-order valence-corrected chi connectivity index (χ0v) is 24.5. The average molecular weight is 597 g/mol. The Kier molecular flexibility index (Phi) is 5.73. The number of alkyl halides is 1. The number of methoxy groups -OCH3 is 1. The molecule has 1 aliphatic heterocycles. The Labute approximate surface area is 223 Å². The standard InChI is InChI=1S/C29H41IO5/c1-16-27(5)20(28(6,30)23(32)35-16)9-10-26(4)17-8-11-29(24(33)34-7)13-12-25(2,3)15-18(29)22(17)19(31)14-21(26)27/h14,16-18,20,22H,8-13,15H2,1-7H3. The van der Waals surface area contributed by atoms with Gasteiger partial charge in [0.1, 0.15) is 9.53 Å². The topological polar surface area (TPSA) is 69.7 Å². The highest BCUT2D eigenvalue weighted by Gasteiger charge is 2.69. The number of hydrogen-bond acceptors (Lipinski definition) is 5. The Hall–Kier alpha value is -0.920. The molecule has 194 valence electrons.